The smallest absolute Gasteiger partial charge is 0.264 e. The van der Waals surface area contributed by atoms with E-state index >= 15 is 0 Å². The summed E-state index contributed by atoms with van der Waals surface area (Å²) >= 11 is 0. The van der Waals surface area contributed by atoms with Crippen LogP contribution in [0.15, 0.2) is 41.3 Å². The van der Waals surface area contributed by atoms with E-state index in [0.717, 1.165) is 24.0 Å². The van der Waals surface area contributed by atoms with Crippen LogP contribution in [0.25, 0.3) is 10.9 Å². The number of hydrogen-bond donors (Lipinski definition) is 4. The average molecular weight is 455 g/mol. The van der Waals surface area contributed by atoms with Gasteiger partial charge in [-0.3, -0.25) is 9.69 Å². The molecule has 1 atom stereocenters. The number of pyridine rings is 1. The number of nitrogens with two attached hydrogens (primary N) is 1. The molecule has 0 fully saturated rings. The monoisotopic (exact) mass is 454 g/mol. The predicted octanol–water partition coefficient (Wildman–Crippen LogP) is 1.81. The second kappa shape index (κ2) is 11.7. The molecule has 2 aromatic heterocycles. The fourth-order valence-corrected chi connectivity index (χ4v) is 3.92. The summed E-state index contributed by atoms with van der Waals surface area (Å²) in [7, 11) is 0. The van der Waals surface area contributed by atoms with Gasteiger partial charge in [-0.1, -0.05) is 37.6 Å². The number of aliphatic hydroxyl groups excluding tert-OH is 2. The van der Waals surface area contributed by atoms with Gasteiger partial charge in [0, 0.05) is 31.9 Å². The first kappa shape index (κ1) is 24.6. The molecular formula is C24H34N6O3. The van der Waals surface area contributed by atoms with Gasteiger partial charge in [0.2, 0.25) is 5.95 Å². The fourth-order valence-electron chi connectivity index (χ4n) is 3.92. The first-order valence-corrected chi connectivity index (χ1v) is 11.4. The average Bonchev–Trinajstić information content (AvgIpc) is 2.77. The van der Waals surface area contributed by atoms with Gasteiger partial charge < -0.3 is 25.8 Å². The Morgan fingerprint density at radius 3 is 2.39 bits per heavy atom. The molecule has 0 saturated heterocycles. The van der Waals surface area contributed by atoms with E-state index in [4.69, 9.17) is 5.73 Å². The van der Waals surface area contributed by atoms with E-state index in [1.165, 1.54) is 0 Å². The number of nitrogens with zero attached hydrogens (tertiary/aromatic N) is 4. The molecule has 0 radical (unpaired) electrons. The molecule has 0 bridgehead atoms. The first-order chi connectivity index (χ1) is 15.9. The van der Waals surface area contributed by atoms with Gasteiger partial charge in [-0.2, -0.15) is 4.98 Å². The van der Waals surface area contributed by atoms with Crippen molar-refractivity contribution in [3.05, 3.63) is 58.0 Å². The Kier molecular flexibility index (Phi) is 8.76. The quantitative estimate of drug-likeness (QED) is 0.326. The van der Waals surface area contributed by atoms with Crippen LogP contribution in [-0.4, -0.2) is 62.0 Å². The maximum atomic E-state index is 13.3. The molecule has 3 rings (SSSR count). The minimum absolute atomic E-state index is 0.0480. The molecule has 5 N–H and O–H groups in total. The number of anilines is 2. The molecule has 178 valence electrons. The van der Waals surface area contributed by atoms with Crippen molar-refractivity contribution in [3.63, 3.8) is 0 Å². The Bertz CT molecular complexity index is 1090. The molecule has 33 heavy (non-hydrogen) atoms. The summed E-state index contributed by atoms with van der Waals surface area (Å²) in [6.45, 7) is 6.34. The summed E-state index contributed by atoms with van der Waals surface area (Å²) in [6, 6.07) is 9.94. The van der Waals surface area contributed by atoms with Gasteiger partial charge in [0.05, 0.1) is 25.3 Å². The van der Waals surface area contributed by atoms with Crippen molar-refractivity contribution in [2.45, 2.75) is 45.8 Å². The SMILES string of the molecule is CCC[C@@H](C)Nc1nc(N)nc2ccn(Cc3ccc(CN(CCO)CCO)cc3)c(=O)c12. The van der Waals surface area contributed by atoms with Gasteiger partial charge in [0.25, 0.3) is 5.56 Å². The number of fused-ring (bicyclic) bond motifs is 1. The second-order valence-corrected chi connectivity index (χ2v) is 8.31. The number of nitrogens with one attached hydrogen (secondary N) is 1. The summed E-state index contributed by atoms with van der Waals surface area (Å²) in [5.74, 6) is 0.610. The van der Waals surface area contributed by atoms with Crippen LogP contribution in [0.3, 0.4) is 0 Å². The second-order valence-electron chi connectivity index (χ2n) is 8.31. The molecule has 0 aliphatic carbocycles. The van der Waals surface area contributed by atoms with Gasteiger partial charge in [-0.15, -0.1) is 0 Å². The van der Waals surface area contributed by atoms with Gasteiger partial charge in [-0.25, -0.2) is 4.98 Å². The Labute approximate surface area is 193 Å². The van der Waals surface area contributed by atoms with E-state index in [2.05, 4.69) is 29.1 Å². The molecular weight excluding hydrogens is 420 g/mol. The van der Waals surface area contributed by atoms with E-state index < -0.39 is 0 Å². The van der Waals surface area contributed by atoms with Crippen LogP contribution >= 0.6 is 0 Å². The molecule has 0 aliphatic heterocycles. The van der Waals surface area contributed by atoms with Crippen molar-refractivity contribution in [1.82, 2.24) is 19.4 Å². The third kappa shape index (κ3) is 6.50. The van der Waals surface area contributed by atoms with Crippen molar-refractivity contribution >= 4 is 22.7 Å². The van der Waals surface area contributed by atoms with Crippen LogP contribution < -0.4 is 16.6 Å². The highest BCUT2D eigenvalue weighted by Crippen LogP contribution is 2.19. The number of nitrogen functional groups attached to an aromatic ring is 1. The molecule has 0 aliphatic rings. The zero-order chi connectivity index (χ0) is 23.8. The molecule has 9 nitrogen and oxygen atoms in total. The fraction of sp³-hybridized carbons (Fsp3) is 0.458. The molecule has 1 aromatic carbocycles. The summed E-state index contributed by atoms with van der Waals surface area (Å²) in [5.41, 5.74) is 8.29. The zero-order valence-electron chi connectivity index (χ0n) is 19.4. The zero-order valence-corrected chi connectivity index (χ0v) is 19.4. The van der Waals surface area contributed by atoms with Crippen LogP contribution in [0.5, 0.6) is 0 Å². The lowest BCUT2D eigenvalue weighted by molar-refractivity contribution is 0.156. The number of hydrogen-bond acceptors (Lipinski definition) is 8. The minimum atomic E-state index is -0.167. The Hall–Kier alpha value is -3.01. The summed E-state index contributed by atoms with van der Waals surface area (Å²) in [5, 5.41) is 22.1. The van der Waals surface area contributed by atoms with Gasteiger partial charge in [-0.05, 0) is 30.5 Å². The third-order valence-electron chi connectivity index (χ3n) is 5.56. The largest absolute Gasteiger partial charge is 0.395 e. The van der Waals surface area contributed by atoms with Crippen LogP contribution in [0.1, 0.15) is 37.8 Å². The van der Waals surface area contributed by atoms with Gasteiger partial charge in [0.1, 0.15) is 11.2 Å². The summed E-state index contributed by atoms with van der Waals surface area (Å²) in [4.78, 5) is 23.8. The maximum Gasteiger partial charge on any atom is 0.264 e. The standard InChI is InChI=1S/C24H34N6O3/c1-3-4-17(2)26-22-21-20(27-24(25)28-22)9-10-30(23(21)33)16-19-7-5-18(6-8-19)15-29(11-13-31)12-14-32/h5-10,17,31-32H,3-4,11-16H2,1-2H3,(H3,25,26,27,28)/t17-/m1/s1. The lowest BCUT2D eigenvalue weighted by Gasteiger charge is -2.20. The van der Waals surface area contributed by atoms with E-state index in [9.17, 15) is 15.0 Å². The number of rotatable bonds is 12. The highest BCUT2D eigenvalue weighted by molar-refractivity contribution is 5.89. The lowest BCUT2D eigenvalue weighted by atomic mass is 10.1. The molecule has 2 heterocycles. The third-order valence-corrected chi connectivity index (χ3v) is 5.56. The van der Waals surface area contributed by atoms with Crippen molar-refractivity contribution in [2.24, 2.45) is 0 Å². The molecule has 0 spiro atoms. The normalized spacial score (nSPS) is 12.4. The first-order valence-electron chi connectivity index (χ1n) is 11.4. The highest BCUT2D eigenvalue weighted by atomic mass is 16.3. The van der Waals surface area contributed by atoms with E-state index in [1.807, 2.05) is 29.2 Å². The van der Waals surface area contributed by atoms with Crippen molar-refractivity contribution in [2.75, 3.05) is 37.4 Å². The van der Waals surface area contributed by atoms with Crippen LogP contribution in [-0.2, 0) is 13.1 Å². The number of benzene rings is 1. The lowest BCUT2D eigenvalue weighted by Crippen LogP contribution is -2.29. The Balaban J connectivity index is 1.83. The van der Waals surface area contributed by atoms with Gasteiger partial charge in [0.15, 0.2) is 0 Å². The summed E-state index contributed by atoms with van der Waals surface area (Å²) < 4.78 is 1.65. The van der Waals surface area contributed by atoms with Gasteiger partial charge >= 0.3 is 0 Å². The van der Waals surface area contributed by atoms with Crippen LogP contribution in [0.4, 0.5) is 11.8 Å². The topological polar surface area (TPSA) is 130 Å². The molecule has 0 unspecified atom stereocenters. The molecule has 3 aromatic rings. The van der Waals surface area contributed by atoms with Crippen molar-refractivity contribution < 1.29 is 10.2 Å². The van der Waals surface area contributed by atoms with E-state index in [-0.39, 0.29) is 30.8 Å². The predicted molar refractivity (Wildman–Crippen MR) is 131 cm³/mol. The molecule has 0 amide bonds. The Morgan fingerprint density at radius 1 is 1.09 bits per heavy atom. The molecule has 0 saturated carbocycles. The van der Waals surface area contributed by atoms with Crippen LogP contribution in [0.2, 0.25) is 0 Å². The van der Waals surface area contributed by atoms with Crippen LogP contribution in [0, 0.1) is 0 Å². The maximum absolute atomic E-state index is 13.3. The van der Waals surface area contributed by atoms with E-state index in [1.54, 1.807) is 16.8 Å². The van der Waals surface area contributed by atoms with E-state index in [0.29, 0.717) is 42.9 Å². The molecule has 9 heteroatoms. The highest BCUT2D eigenvalue weighted by Gasteiger charge is 2.14. The number of aliphatic hydroxyl groups is 2. The van der Waals surface area contributed by atoms with Crippen molar-refractivity contribution in [3.8, 4) is 0 Å². The van der Waals surface area contributed by atoms with Crippen molar-refractivity contribution in [1.29, 1.82) is 0 Å². The minimum Gasteiger partial charge on any atom is -0.395 e. The Morgan fingerprint density at radius 2 is 1.76 bits per heavy atom. The summed E-state index contributed by atoms with van der Waals surface area (Å²) in [6.07, 6.45) is 3.70. The number of aromatic nitrogens is 3.